The summed E-state index contributed by atoms with van der Waals surface area (Å²) in [6.45, 7) is 1.92. The number of rotatable bonds is 6. The van der Waals surface area contributed by atoms with Crippen LogP contribution in [0, 0.1) is 0 Å². The molecule has 0 radical (unpaired) electrons. The molecule has 1 aliphatic heterocycles. The van der Waals surface area contributed by atoms with E-state index >= 15 is 0 Å². The number of carbonyl (C=O) groups is 1. The van der Waals surface area contributed by atoms with Gasteiger partial charge in [0.25, 0.3) is 15.9 Å². The van der Waals surface area contributed by atoms with Gasteiger partial charge in [-0.3, -0.25) is 10.00 Å². The third-order valence-corrected chi connectivity index (χ3v) is 5.14. The summed E-state index contributed by atoms with van der Waals surface area (Å²) < 4.78 is 43.9. The molecule has 2 aromatic rings. The van der Waals surface area contributed by atoms with Gasteiger partial charge < -0.3 is 19.0 Å². The lowest BCUT2D eigenvalue weighted by Crippen LogP contribution is -2.37. The number of carbonyl (C=O) groups excluding carboxylic acids is 1. The zero-order chi connectivity index (χ0) is 21.9. The van der Waals surface area contributed by atoms with Crippen LogP contribution in [0.5, 0.6) is 11.8 Å². The van der Waals surface area contributed by atoms with Crippen molar-refractivity contribution in [1.82, 2.24) is 24.5 Å². The quantitative estimate of drug-likeness (QED) is 0.614. The molecule has 0 saturated heterocycles. The smallest absolute Gasteiger partial charge is 0.335 e. The van der Waals surface area contributed by atoms with Gasteiger partial charge in [-0.1, -0.05) is 0 Å². The van der Waals surface area contributed by atoms with Crippen molar-refractivity contribution in [2.45, 2.75) is 18.1 Å². The summed E-state index contributed by atoms with van der Waals surface area (Å²) in [5.74, 6) is -0.0828. The molecule has 0 bridgehead atoms. The number of nitrogens with one attached hydrogen (secondary N) is 2. The van der Waals surface area contributed by atoms with Gasteiger partial charge in [0, 0.05) is 7.05 Å². The van der Waals surface area contributed by atoms with Crippen molar-refractivity contribution in [2.24, 2.45) is 12.2 Å². The van der Waals surface area contributed by atoms with E-state index in [4.69, 9.17) is 19.0 Å². The third-order valence-electron chi connectivity index (χ3n) is 3.69. The maximum Gasteiger partial charge on any atom is 0.335 e. The summed E-state index contributed by atoms with van der Waals surface area (Å²) >= 11 is 0. The maximum absolute atomic E-state index is 12.8. The summed E-state index contributed by atoms with van der Waals surface area (Å²) in [4.78, 5) is 25.2. The Morgan fingerprint density at radius 2 is 1.93 bits per heavy atom. The molecule has 0 spiro atoms. The minimum Gasteiger partial charge on any atom is -0.481 e. The van der Waals surface area contributed by atoms with E-state index in [0.717, 1.165) is 4.68 Å². The lowest BCUT2D eigenvalue weighted by Gasteiger charge is -2.18. The van der Waals surface area contributed by atoms with Crippen LogP contribution in [-0.4, -0.2) is 67.0 Å². The molecule has 3 heterocycles. The topological polar surface area (TPSA) is 168 Å². The Hall–Kier alpha value is -3.62. The van der Waals surface area contributed by atoms with Gasteiger partial charge in [0.05, 0.1) is 32.0 Å². The Morgan fingerprint density at radius 1 is 1.27 bits per heavy atom. The van der Waals surface area contributed by atoms with Gasteiger partial charge in [-0.25, -0.2) is 9.52 Å². The van der Waals surface area contributed by atoms with Crippen molar-refractivity contribution in [3.8, 4) is 11.8 Å². The SMILES string of the molecule is COc1cc(OC)nc(NC(=O)NS(=O)(=O)c2c(C3=NOC(C)CO3)cnn2C)n1. The van der Waals surface area contributed by atoms with Crippen LogP contribution in [-0.2, 0) is 26.6 Å². The Morgan fingerprint density at radius 3 is 2.50 bits per heavy atom. The van der Waals surface area contributed by atoms with Crippen LogP contribution in [0.15, 0.2) is 22.4 Å². The fourth-order valence-corrected chi connectivity index (χ4v) is 3.59. The fourth-order valence-electron chi connectivity index (χ4n) is 2.38. The maximum atomic E-state index is 12.8. The molecule has 0 aliphatic carbocycles. The average molecular weight is 441 g/mol. The van der Waals surface area contributed by atoms with E-state index in [2.05, 4.69) is 25.5 Å². The van der Waals surface area contributed by atoms with Gasteiger partial charge in [0.15, 0.2) is 11.1 Å². The lowest BCUT2D eigenvalue weighted by atomic mass is 10.3. The van der Waals surface area contributed by atoms with Gasteiger partial charge in [-0.05, 0) is 12.1 Å². The number of aryl methyl sites for hydroxylation is 1. The van der Waals surface area contributed by atoms with E-state index in [-0.39, 0.29) is 46.9 Å². The number of amides is 2. The first-order chi connectivity index (χ1) is 14.2. The highest BCUT2D eigenvalue weighted by molar-refractivity contribution is 7.90. The fraction of sp³-hybridized carbons (Fsp3) is 0.400. The second-order valence-corrected chi connectivity index (χ2v) is 7.54. The molecule has 14 nitrogen and oxygen atoms in total. The molecule has 3 rings (SSSR count). The normalized spacial score (nSPS) is 16.0. The third kappa shape index (κ3) is 4.51. The van der Waals surface area contributed by atoms with Crippen LogP contribution in [0.25, 0.3) is 0 Å². The van der Waals surface area contributed by atoms with Crippen molar-refractivity contribution < 1.29 is 32.3 Å². The Balaban J connectivity index is 1.82. The van der Waals surface area contributed by atoms with Gasteiger partial charge in [0.1, 0.15) is 6.61 Å². The second kappa shape index (κ2) is 8.40. The number of urea groups is 1. The number of nitrogens with zero attached hydrogens (tertiary/aromatic N) is 5. The monoisotopic (exact) mass is 441 g/mol. The molecular formula is C15H19N7O7S. The van der Waals surface area contributed by atoms with Crippen LogP contribution in [0.3, 0.4) is 0 Å². The molecule has 2 N–H and O–H groups in total. The van der Waals surface area contributed by atoms with Crippen molar-refractivity contribution in [2.75, 3.05) is 26.1 Å². The number of methoxy groups -OCH3 is 2. The zero-order valence-electron chi connectivity index (χ0n) is 16.4. The first kappa shape index (κ1) is 21.1. The Kier molecular flexibility index (Phi) is 5.91. The van der Waals surface area contributed by atoms with Crippen molar-refractivity contribution >= 4 is 27.9 Å². The van der Waals surface area contributed by atoms with Crippen LogP contribution in [0.2, 0.25) is 0 Å². The summed E-state index contributed by atoms with van der Waals surface area (Å²) in [6, 6.07) is 0.268. The van der Waals surface area contributed by atoms with E-state index < -0.39 is 16.1 Å². The van der Waals surface area contributed by atoms with Gasteiger partial charge in [0.2, 0.25) is 17.7 Å². The van der Waals surface area contributed by atoms with E-state index in [1.807, 2.05) is 4.72 Å². The zero-order valence-corrected chi connectivity index (χ0v) is 17.3. The number of hydrogen-bond acceptors (Lipinski definition) is 11. The highest BCUT2D eigenvalue weighted by atomic mass is 32.2. The van der Waals surface area contributed by atoms with Crippen molar-refractivity contribution in [1.29, 1.82) is 0 Å². The summed E-state index contributed by atoms with van der Waals surface area (Å²) in [7, 11) is -0.277. The molecule has 2 aromatic heterocycles. The molecular weight excluding hydrogens is 422 g/mol. The number of hydrogen-bond donors (Lipinski definition) is 2. The van der Waals surface area contributed by atoms with E-state index in [1.54, 1.807) is 6.92 Å². The minimum absolute atomic E-state index is 0.0315. The molecule has 0 aromatic carbocycles. The predicted octanol–water partition coefficient (Wildman–Crippen LogP) is -0.165. The number of aromatic nitrogens is 4. The summed E-state index contributed by atoms with van der Waals surface area (Å²) in [5, 5.41) is 9.52. The highest BCUT2D eigenvalue weighted by Gasteiger charge is 2.31. The molecule has 15 heteroatoms. The van der Waals surface area contributed by atoms with Crippen LogP contribution >= 0.6 is 0 Å². The second-order valence-electron chi connectivity index (χ2n) is 5.95. The molecule has 0 fully saturated rings. The van der Waals surface area contributed by atoms with E-state index in [9.17, 15) is 13.2 Å². The first-order valence-electron chi connectivity index (χ1n) is 8.43. The average Bonchev–Trinajstić information content (AvgIpc) is 3.10. The molecule has 1 unspecified atom stereocenters. The van der Waals surface area contributed by atoms with E-state index in [0.29, 0.717) is 0 Å². The number of oxime groups is 1. The number of sulfonamides is 1. The van der Waals surface area contributed by atoms with Crippen LogP contribution < -0.4 is 19.5 Å². The van der Waals surface area contributed by atoms with Gasteiger partial charge in [-0.15, -0.1) is 0 Å². The van der Waals surface area contributed by atoms with Crippen LogP contribution in [0.4, 0.5) is 10.7 Å². The molecule has 162 valence electrons. The molecule has 0 saturated carbocycles. The van der Waals surface area contributed by atoms with E-state index in [1.165, 1.54) is 33.5 Å². The molecule has 2 amide bonds. The standard InChI is InChI=1S/C15H19N7O7S/c1-8-7-28-12(20-29-8)9-6-16-22(2)13(9)30(24,25)21-15(23)19-14-17-10(26-3)5-11(18-14)27-4/h5-6,8H,7H2,1-4H3,(H2,17,18,19,21,23). The molecule has 1 aliphatic rings. The number of ether oxygens (including phenoxy) is 3. The predicted molar refractivity (Wildman–Crippen MR) is 101 cm³/mol. The van der Waals surface area contributed by atoms with Crippen molar-refractivity contribution in [3.63, 3.8) is 0 Å². The largest absolute Gasteiger partial charge is 0.481 e. The Bertz CT molecular complexity index is 1060. The number of anilines is 1. The summed E-state index contributed by atoms with van der Waals surface area (Å²) in [6.07, 6.45) is 0.954. The lowest BCUT2D eigenvalue weighted by molar-refractivity contribution is 0.00138. The Labute approximate surface area is 171 Å². The summed E-state index contributed by atoms with van der Waals surface area (Å²) in [5.41, 5.74) is 0.0315. The molecule has 1 atom stereocenters. The van der Waals surface area contributed by atoms with Crippen LogP contribution in [0.1, 0.15) is 12.5 Å². The minimum atomic E-state index is -4.39. The van der Waals surface area contributed by atoms with Crippen molar-refractivity contribution in [3.05, 3.63) is 17.8 Å². The first-order valence-corrected chi connectivity index (χ1v) is 9.91. The van der Waals surface area contributed by atoms with Gasteiger partial charge in [-0.2, -0.15) is 23.5 Å². The highest BCUT2D eigenvalue weighted by Crippen LogP contribution is 2.20. The molecule has 30 heavy (non-hydrogen) atoms. The van der Waals surface area contributed by atoms with Gasteiger partial charge >= 0.3 is 6.03 Å².